The van der Waals surface area contributed by atoms with Crippen molar-refractivity contribution in [2.24, 2.45) is 0 Å². The fourth-order valence-electron chi connectivity index (χ4n) is 1.40. The molecule has 4 heteroatoms. The second kappa shape index (κ2) is 2.62. The second-order valence-corrected chi connectivity index (χ2v) is 4.30. The van der Waals surface area contributed by atoms with Crippen molar-refractivity contribution in [1.29, 1.82) is 0 Å². The molecule has 0 radical (unpaired) electrons. The smallest absolute Gasteiger partial charge is 0.255 e. The molecule has 0 amide bonds. The number of H-pyrrole nitrogens is 1. The Bertz CT molecular complexity index is 372. The van der Waals surface area contributed by atoms with E-state index in [9.17, 15) is 4.79 Å². The molecule has 64 valence electrons. The summed E-state index contributed by atoms with van der Waals surface area (Å²) in [5, 5.41) is 0.376. The van der Waals surface area contributed by atoms with Gasteiger partial charge in [-0.05, 0) is 13.8 Å². The van der Waals surface area contributed by atoms with Gasteiger partial charge in [0, 0.05) is 16.6 Å². The van der Waals surface area contributed by atoms with E-state index in [2.05, 4.69) is 16.9 Å². The van der Waals surface area contributed by atoms with E-state index in [-0.39, 0.29) is 5.56 Å². The molecular weight excluding hydrogens is 172 g/mol. The molecule has 0 fully saturated rings. The normalized spacial score (nSPS) is 21.0. The van der Waals surface area contributed by atoms with Crippen LogP contribution in [0.1, 0.15) is 29.3 Å². The molecule has 0 spiro atoms. The maximum atomic E-state index is 11.4. The van der Waals surface area contributed by atoms with E-state index in [1.54, 1.807) is 11.8 Å². The summed E-state index contributed by atoms with van der Waals surface area (Å²) in [6.45, 7) is 3.90. The summed E-state index contributed by atoms with van der Waals surface area (Å²) in [5.41, 5.74) is 1.87. The highest BCUT2D eigenvalue weighted by atomic mass is 32.2. The lowest BCUT2D eigenvalue weighted by molar-refractivity contribution is 0.909. The number of aryl methyl sites for hydroxylation is 1. The predicted molar refractivity (Wildman–Crippen MR) is 49.3 cm³/mol. The zero-order chi connectivity index (χ0) is 8.72. The Morgan fingerprint density at radius 2 is 2.42 bits per heavy atom. The molecule has 1 aliphatic heterocycles. The molecule has 0 aromatic carbocycles. The highest BCUT2D eigenvalue weighted by Crippen LogP contribution is 2.37. The van der Waals surface area contributed by atoms with Crippen LogP contribution in [-0.4, -0.2) is 9.97 Å². The molecule has 0 bridgehead atoms. The van der Waals surface area contributed by atoms with Crippen LogP contribution in [0.4, 0.5) is 0 Å². The van der Waals surface area contributed by atoms with Crippen molar-refractivity contribution in [1.82, 2.24) is 9.97 Å². The molecule has 1 aromatic heterocycles. The van der Waals surface area contributed by atoms with Crippen molar-refractivity contribution in [3.63, 3.8) is 0 Å². The molecule has 12 heavy (non-hydrogen) atoms. The van der Waals surface area contributed by atoms with E-state index >= 15 is 0 Å². The van der Waals surface area contributed by atoms with Gasteiger partial charge in [-0.1, -0.05) is 0 Å². The van der Waals surface area contributed by atoms with Crippen LogP contribution < -0.4 is 5.56 Å². The molecule has 0 aliphatic carbocycles. The van der Waals surface area contributed by atoms with E-state index in [1.165, 1.54) is 0 Å². The van der Waals surface area contributed by atoms with Crippen LogP contribution in [0, 0.1) is 6.92 Å². The first-order valence-electron chi connectivity index (χ1n) is 3.90. The number of nitrogens with zero attached hydrogens (tertiary/aromatic N) is 1. The van der Waals surface area contributed by atoms with Crippen molar-refractivity contribution in [2.75, 3.05) is 0 Å². The molecule has 0 saturated heterocycles. The lowest BCUT2D eigenvalue weighted by Crippen LogP contribution is -2.15. The first-order chi connectivity index (χ1) is 5.68. The molecule has 0 saturated carbocycles. The minimum atomic E-state index is 0.0364. The standard InChI is InChI=1S/C8H10N2OS/c1-4-7-6(3-12-4)8(11)10-5(2)9-7/h4H,3H2,1-2H3,(H,9,10,11). The SMILES string of the molecule is Cc1nc2c(c(=O)[nH]1)CSC2C. The lowest BCUT2D eigenvalue weighted by atomic mass is 10.2. The Morgan fingerprint density at radius 1 is 1.67 bits per heavy atom. The minimum Gasteiger partial charge on any atom is -0.311 e. The second-order valence-electron chi connectivity index (χ2n) is 2.97. The van der Waals surface area contributed by atoms with Gasteiger partial charge in [-0.2, -0.15) is 0 Å². The summed E-state index contributed by atoms with van der Waals surface area (Å²) in [6.07, 6.45) is 0. The number of nitrogens with one attached hydrogen (secondary N) is 1. The molecule has 3 nitrogen and oxygen atoms in total. The van der Waals surface area contributed by atoms with E-state index in [0.717, 1.165) is 17.0 Å². The van der Waals surface area contributed by atoms with Crippen LogP contribution in [0.2, 0.25) is 0 Å². The Kier molecular flexibility index (Phi) is 1.72. The van der Waals surface area contributed by atoms with Crippen molar-refractivity contribution >= 4 is 11.8 Å². The third-order valence-electron chi connectivity index (χ3n) is 2.03. The third kappa shape index (κ3) is 1.06. The van der Waals surface area contributed by atoms with Crippen molar-refractivity contribution in [3.05, 3.63) is 27.4 Å². The van der Waals surface area contributed by atoms with Crippen LogP contribution in [0.25, 0.3) is 0 Å². The van der Waals surface area contributed by atoms with Gasteiger partial charge in [0.15, 0.2) is 0 Å². The molecule has 2 rings (SSSR count). The molecular formula is C8H10N2OS. The Hall–Kier alpha value is -0.770. The number of rotatable bonds is 0. The van der Waals surface area contributed by atoms with Gasteiger partial charge in [0.25, 0.3) is 5.56 Å². The topological polar surface area (TPSA) is 45.8 Å². The number of hydrogen-bond acceptors (Lipinski definition) is 3. The first-order valence-corrected chi connectivity index (χ1v) is 4.94. The number of thioether (sulfide) groups is 1. The maximum absolute atomic E-state index is 11.4. The van der Waals surface area contributed by atoms with Gasteiger partial charge in [-0.15, -0.1) is 11.8 Å². The largest absolute Gasteiger partial charge is 0.311 e. The lowest BCUT2D eigenvalue weighted by Gasteiger charge is -2.01. The van der Waals surface area contributed by atoms with Gasteiger partial charge >= 0.3 is 0 Å². The molecule has 1 atom stereocenters. The summed E-state index contributed by atoms with van der Waals surface area (Å²) in [4.78, 5) is 18.4. The van der Waals surface area contributed by atoms with E-state index in [4.69, 9.17) is 0 Å². The Labute approximate surface area is 74.6 Å². The van der Waals surface area contributed by atoms with Gasteiger partial charge in [0.2, 0.25) is 0 Å². The van der Waals surface area contributed by atoms with Crippen LogP contribution in [0.15, 0.2) is 4.79 Å². The van der Waals surface area contributed by atoms with Gasteiger partial charge in [-0.25, -0.2) is 4.98 Å². The van der Waals surface area contributed by atoms with Gasteiger partial charge < -0.3 is 4.98 Å². The average molecular weight is 182 g/mol. The summed E-state index contributed by atoms with van der Waals surface area (Å²) < 4.78 is 0. The zero-order valence-electron chi connectivity index (χ0n) is 7.05. The highest BCUT2D eigenvalue weighted by molar-refractivity contribution is 7.99. The Balaban J connectivity index is 2.68. The van der Waals surface area contributed by atoms with Gasteiger partial charge in [0.05, 0.1) is 5.69 Å². The van der Waals surface area contributed by atoms with Crippen LogP contribution in [0.3, 0.4) is 0 Å². The molecule has 2 heterocycles. The van der Waals surface area contributed by atoms with E-state index in [1.807, 2.05) is 6.92 Å². The fourth-order valence-corrected chi connectivity index (χ4v) is 2.44. The average Bonchev–Trinajstić information content (AvgIpc) is 2.33. The highest BCUT2D eigenvalue weighted by Gasteiger charge is 2.23. The van der Waals surface area contributed by atoms with Gasteiger partial charge in [0.1, 0.15) is 5.82 Å². The van der Waals surface area contributed by atoms with E-state index < -0.39 is 0 Å². The van der Waals surface area contributed by atoms with Crippen LogP contribution in [0.5, 0.6) is 0 Å². The third-order valence-corrected chi connectivity index (χ3v) is 3.21. The quantitative estimate of drug-likeness (QED) is 0.659. The number of aromatic amines is 1. The van der Waals surface area contributed by atoms with Gasteiger partial charge in [-0.3, -0.25) is 4.79 Å². The summed E-state index contributed by atoms with van der Waals surface area (Å²) in [5.74, 6) is 1.52. The van der Waals surface area contributed by atoms with Crippen LogP contribution >= 0.6 is 11.8 Å². The molecule has 1 aliphatic rings. The summed E-state index contributed by atoms with van der Waals surface area (Å²) in [6, 6.07) is 0. The fraction of sp³-hybridized carbons (Fsp3) is 0.500. The monoisotopic (exact) mass is 182 g/mol. The molecule has 1 aromatic rings. The van der Waals surface area contributed by atoms with Crippen molar-refractivity contribution in [3.8, 4) is 0 Å². The maximum Gasteiger partial charge on any atom is 0.255 e. The van der Waals surface area contributed by atoms with Crippen molar-refractivity contribution in [2.45, 2.75) is 24.9 Å². The Morgan fingerprint density at radius 3 is 3.17 bits per heavy atom. The predicted octanol–water partition coefficient (Wildman–Crippen LogP) is 1.39. The van der Waals surface area contributed by atoms with E-state index in [0.29, 0.717) is 11.1 Å². The number of fused-ring (bicyclic) bond motifs is 1. The minimum absolute atomic E-state index is 0.0364. The number of hydrogen-bond donors (Lipinski definition) is 1. The summed E-state index contributed by atoms with van der Waals surface area (Å²) >= 11 is 1.77. The van der Waals surface area contributed by atoms with Crippen LogP contribution in [-0.2, 0) is 5.75 Å². The van der Waals surface area contributed by atoms with Crippen molar-refractivity contribution < 1.29 is 0 Å². The molecule has 1 N–H and O–H groups in total. The molecule has 1 unspecified atom stereocenters. The number of aromatic nitrogens is 2. The summed E-state index contributed by atoms with van der Waals surface area (Å²) in [7, 11) is 0. The first kappa shape index (κ1) is 7.86. The zero-order valence-corrected chi connectivity index (χ0v) is 7.86.